The van der Waals surface area contributed by atoms with Gasteiger partial charge in [-0.15, -0.1) is 11.3 Å². The van der Waals surface area contributed by atoms with E-state index in [4.69, 9.17) is 0 Å². The minimum atomic E-state index is -1.11. The van der Waals surface area contributed by atoms with Crippen LogP contribution in [0.4, 0.5) is 8.78 Å². The molecule has 6 heteroatoms. The quantitative estimate of drug-likeness (QED) is 0.897. The Morgan fingerprint density at radius 3 is 2.74 bits per heavy atom. The van der Waals surface area contributed by atoms with Crippen LogP contribution in [-0.4, -0.2) is 12.5 Å². The molecule has 0 atom stereocenters. The second-order valence-corrected chi connectivity index (χ2v) is 6.36. The Labute approximate surface area is 121 Å². The lowest BCUT2D eigenvalue weighted by molar-refractivity contribution is 0.0949. The van der Waals surface area contributed by atoms with Gasteiger partial charge in [0.05, 0.1) is 9.35 Å². The summed E-state index contributed by atoms with van der Waals surface area (Å²) in [5.41, 5.74) is -0.271. The van der Waals surface area contributed by atoms with Crippen molar-refractivity contribution in [1.82, 2.24) is 5.32 Å². The molecular weight excluding hydrogens is 336 g/mol. The lowest BCUT2D eigenvalue weighted by Crippen LogP contribution is -2.26. The summed E-state index contributed by atoms with van der Waals surface area (Å²) in [4.78, 5) is 12.8. The molecule has 1 amide bonds. The highest BCUT2D eigenvalue weighted by molar-refractivity contribution is 9.11. The number of amides is 1. The molecule has 0 saturated heterocycles. The molecule has 2 nitrogen and oxygen atoms in total. The Hall–Kier alpha value is -1.27. The van der Waals surface area contributed by atoms with Crippen LogP contribution in [-0.2, 0) is 6.42 Å². The standard InChI is InChI=1S/C13H10BrF2NOS/c14-11-5-4-8(19-11)6-7-17-13(18)9-2-1-3-10(15)12(9)16/h1-5H,6-7H2,(H,17,18). The maximum atomic E-state index is 13.4. The van der Waals surface area contributed by atoms with Gasteiger partial charge in [-0.25, -0.2) is 8.78 Å². The number of hydrogen-bond acceptors (Lipinski definition) is 2. The van der Waals surface area contributed by atoms with E-state index in [9.17, 15) is 13.6 Å². The highest BCUT2D eigenvalue weighted by Gasteiger charge is 2.14. The van der Waals surface area contributed by atoms with Gasteiger partial charge >= 0.3 is 0 Å². The predicted molar refractivity (Wildman–Crippen MR) is 74.4 cm³/mol. The van der Waals surface area contributed by atoms with Crippen LogP contribution >= 0.6 is 27.3 Å². The van der Waals surface area contributed by atoms with E-state index in [-0.39, 0.29) is 5.56 Å². The van der Waals surface area contributed by atoms with E-state index >= 15 is 0 Å². The Balaban J connectivity index is 1.93. The molecule has 1 heterocycles. The first kappa shape index (κ1) is 14.1. The van der Waals surface area contributed by atoms with E-state index in [0.29, 0.717) is 13.0 Å². The summed E-state index contributed by atoms with van der Waals surface area (Å²) in [5.74, 6) is -2.73. The molecular formula is C13H10BrF2NOS. The van der Waals surface area contributed by atoms with Crippen molar-refractivity contribution in [3.8, 4) is 0 Å². The molecule has 0 aliphatic heterocycles. The van der Waals surface area contributed by atoms with Gasteiger partial charge in [0.2, 0.25) is 0 Å². The molecule has 0 radical (unpaired) electrons. The van der Waals surface area contributed by atoms with E-state index in [1.807, 2.05) is 12.1 Å². The molecule has 1 N–H and O–H groups in total. The lowest BCUT2D eigenvalue weighted by atomic mass is 10.2. The number of nitrogens with one attached hydrogen (secondary N) is 1. The van der Waals surface area contributed by atoms with Crippen LogP contribution < -0.4 is 5.32 Å². The molecule has 0 fully saturated rings. The van der Waals surface area contributed by atoms with Crippen LogP contribution in [0.15, 0.2) is 34.1 Å². The number of thiophene rings is 1. The minimum Gasteiger partial charge on any atom is -0.352 e. The molecule has 0 aliphatic carbocycles. The summed E-state index contributed by atoms with van der Waals surface area (Å²) in [6.45, 7) is 0.377. The predicted octanol–water partition coefficient (Wildman–Crippen LogP) is 3.76. The smallest absolute Gasteiger partial charge is 0.254 e. The average molecular weight is 346 g/mol. The Bertz CT molecular complexity index is 600. The third kappa shape index (κ3) is 3.61. The number of benzene rings is 1. The lowest BCUT2D eigenvalue weighted by Gasteiger charge is -2.05. The van der Waals surface area contributed by atoms with Crippen LogP contribution in [0.5, 0.6) is 0 Å². The molecule has 100 valence electrons. The van der Waals surface area contributed by atoms with Crippen LogP contribution in [0.2, 0.25) is 0 Å². The summed E-state index contributed by atoms with van der Waals surface area (Å²) in [6.07, 6.45) is 0.652. The van der Waals surface area contributed by atoms with Gasteiger partial charge in [0.25, 0.3) is 5.91 Å². The fourth-order valence-corrected chi connectivity index (χ4v) is 3.04. The maximum absolute atomic E-state index is 13.4. The van der Waals surface area contributed by atoms with Crippen LogP contribution in [0, 0.1) is 11.6 Å². The van der Waals surface area contributed by atoms with E-state index in [1.54, 1.807) is 11.3 Å². The van der Waals surface area contributed by atoms with Crippen LogP contribution in [0.3, 0.4) is 0 Å². The van der Waals surface area contributed by atoms with E-state index in [1.165, 1.54) is 12.1 Å². The Morgan fingerprint density at radius 1 is 1.26 bits per heavy atom. The van der Waals surface area contributed by atoms with Gasteiger partial charge in [0.15, 0.2) is 11.6 Å². The van der Waals surface area contributed by atoms with Crippen LogP contribution in [0.25, 0.3) is 0 Å². The van der Waals surface area contributed by atoms with Crippen molar-refractivity contribution in [2.24, 2.45) is 0 Å². The van der Waals surface area contributed by atoms with E-state index in [2.05, 4.69) is 21.2 Å². The van der Waals surface area contributed by atoms with Gasteiger partial charge in [-0.05, 0) is 46.6 Å². The summed E-state index contributed by atoms with van der Waals surface area (Å²) < 4.78 is 27.4. The van der Waals surface area contributed by atoms with Gasteiger partial charge < -0.3 is 5.32 Å². The zero-order valence-electron chi connectivity index (χ0n) is 9.75. The molecule has 1 aromatic carbocycles. The zero-order chi connectivity index (χ0) is 13.8. The average Bonchev–Trinajstić information content (AvgIpc) is 2.78. The molecule has 2 aromatic rings. The summed E-state index contributed by atoms with van der Waals surface area (Å²) in [6, 6.07) is 7.42. The van der Waals surface area contributed by atoms with Crippen molar-refractivity contribution in [3.63, 3.8) is 0 Å². The SMILES string of the molecule is O=C(NCCc1ccc(Br)s1)c1cccc(F)c1F. The number of carbonyl (C=O) groups excluding carboxylic acids is 1. The molecule has 0 bridgehead atoms. The van der Waals surface area contributed by atoms with Gasteiger partial charge in [-0.2, -0.15) is 0 Å². The van der Waals surface area contributed by atoms with Gasteiger partial charge in [0, 0.05) is 11.4 Å². The fourth-order valence-electron chi connectivity index (χ4n) is 1.56. The number of rotatable bonds is 4. The number of hydrogen-bond donors (Lipinski definition) is 1. The van der Waals surface area contributed by atoms with E-state index in [0.717, 1.165) is 14.7 Å². The number of halogens is 3. The molecule has 1 aromatic heterocycles. The monoisotopic (exact) mass is 345 g/mol. The highest BCUT2D eigenvalue weighted by Crippen LogP contribution is 2.22. The molecule has 19 heavy (non-hydrogen) atoms. The van der Waals surface area contributed by atoms with Gasteiger partial charge in [0.1, 0.15) is 0 Å². The fraction of sp³-hybridized carbons (Fsp3) is 0.154. The normalized spacial score (nSPS) is 10.5. The molecule has 0 spiro atoms. The molecule has 0 unspecified atom stereocenters. The van der Waals surface area contributed by atoms with Gasteiger partial charge in [-0.1, -0.05) is 6.07 Å². The minimum absolute atomic E-state index is 0.271. The first-order valence-corrected chi connectivity index (χ1v) is 7.15. The van der Waals surface area contributed by atoms with Crippen molar-refractivity contribution >= 4 is 33.2 Å². The zero-order valence-corrected chi connectivity index (χ0v) is 12.2. The largest absolute Gasteiger partial charge is 0.352 e. The second kappa shape index (κ2) is 6.25. The number of carbonyl (C=O) groups is 1. The highest BCUT2D eigenvalue weighted by atomic mass is 79.9. The first-order chi connectivity index (χ1) is 9.08. The Morgan fingerprint density at radius 2 is 2.05 bits per heavy atom. The molecule has 0 aliphatic rings. The summed E-state index contributed by atoms with van der Waals surface area (Å²) in [5, 5.41) is 2.57. The first-order valence-electron chi connectivity index (χ1n) is 5.54. The van der Waals surface area contributed by atoms with E-state index < -0.39 is 17.5 Å². The van der Waals surface area contributed by atoms with Crippen molar-refractivity contribution < 1.29 is 13.6 Å². The molecule has 2 rings (SSSR count). The van der Waals surface area contributed by atoms with Crippen molar-refractivity contribution in [2.45, 2.75) is 6.42 Å². The molecule has 0 saturated carbocycles. The maximum Gasteiger partial charge on any atom is 0.254 e. The summed E-state index contributed by atoms with van der Waals surface area (Å²) >= 11 is 4.92. The van der Waals surface area contributed by atoms with Crippen molar-refractivity contribution in [1.29, 1.82) is 0 Å². The third-order valence-corrected chi connectivity index (χ3v) is 4.17. The van der Waals surface area contributed by atoms with Crippen LogP contribution in [0.1, 0.15) is 15.2 Å². The Kier molecular flexibility index (Phi) is 4.66. The van der Waals surface area contributed by atoms with Gasteiger partial charge in [-0.3, -0.25) is 4.79 Å². The van der Waals surface area contributed by atoms with Crippen molar-refractivity contribution in [3.05, 3.63) is 56.2 Å². The van der Waals surface area contributed by atoms with Crippen molar-refractivity contribution in [2.75, 3.05) is 6.54 Å². The summed E-state index contributed by atoms with van der Waals surface area (Å²) in [7, 11) is 0. The third-order valence-electron chi connectivity index (χ3n) is 2.48. The second-order valence-electron chi connectivity index (χ2n) is 3.81. The topological polar surface area (TPSA) is 29.1 Å².